The second-order valence-corrected chi connectivity index (χ2v) is 4.58. The summed E-state index contributed by atoms with van der Waals surface area (Å²) in [6, 6.07) is 3.89. The Kier molecular flexibility index (Phi) is 4.24. The number of carbonyl (C=O) groups excluding carboxylic acids is 1. The summed E-state index contributed by atoms with van der Waals surface area (Å²) in [5, 5.41) is 22.2. The molecule has 19 heavy (non-hydrogen) atoms. The van der Waals surface area contributed by atoms with Crippen molar-refractivity contribution in [2.45, 2.75) is 6.10 Å². The van der Waals surface area contributed by atoms with E-state index in [0.717, 1.165) is 6.54 Å². The molecule has 1 amide bonds. The molecule has 1 unspecified atom stereocenters. The van der Waals surface area contributed by atoms with Crippen LogP contribution in [0, 0.1) is 0 Å². The van der Waals surface area contributed by atoms with Crippen LogP contribution in [-0.2, 0) is 4.74 Å². The first-order valence-corrected chi connectivity index (χ1v) is 6.17. The molecule has 1 aliphatic heterocycles. The van der Waals surface area contributed by atoms with E-state index < -0.39 is 0 Å². The van der Waals surface area contributed by atoms with Gasteiger partial charge in [-0.3, -0.25) is 4.79 Å². The number of rotatable bonds is 3. The first-order valence-electron chi connectivity index (χ1n) is 6.17. The molecule has 1 heterocycles. The monoisotopic (exact) mass is 266 g/mol. The van der Waals surface area contributed by atoms with Gasteiger partial charge in [0.05, 0.1) is 18.3 Å². The third-order valence-electron chi connectivity index (χ3n) is 3.04. The number of phenolic OH excluding ortho intramolecular Hbond substituents is 2. The number of nitrogens with zero attached hydrogens (tertiary/aromatic N) is 1. The zero-order chi connectivity index (χ0) is 13.8. The fraction of sp³-hybridized carbons (Fsp3) is 0.462. The van der Waals surface area contributed by atoms with Gasteiger partial charge in [0.15, 0.2) is 0 Å². The fourth-order valence-electron chi connectivity index (χ4n) is 2.03. The molecule has 0 saturated carbocycles. The highest BCUT2D eigenvalue weighted by Crippen LogP contribution is 2.23. The molecule has 6 nitrogen and oxygen atoms in total. The second kappa shape index (κ2) is 5.90. The van der Waals surface area contributed by atoms with Crippen LogP contribution in [0.15, 0.2) is 18.2 Å². The first-order chi connectivity index (χ1) is 9.08. The number of amides is 1. The molecule has 1 fully saturated rings. The van der Waals surface area contributed by atoms with Crippen LogP contribution < -0.4 is 5.32 Å². The van der Waals surface area contributed by atoms with Gasteiger partial charge >= 0.3 is 0 Å². The van der Waals surface area contributed by atoms with E-state index in [1.54, 1.807) is 7.05 Å². The Labute approximate surface area is 111 Å². The molecule has 0 aliphatic carbocycles. The third kappa shape index (κ3) is 3.36. The van der Waals surface area contributed by atoms with Crippen LogP contribution in [0.4, 0.5) is 0 Å². The molecule has 3 N–H and O–H groups in total. The van der Waals surface area contributed by atoms with Crippen molar-refractivity contribution in [1.82, 2.24) is 10.2 Å². The average molecular weight is 266 g/mol. The Bertz CT molecular complexity index is 458. The maximum Gasteiger partial charge on any atom is 0.257 e. The van der Waals surface area contributed by atoms with Crippen LogP contribution in [0.1, 0.15) is 10.4 Å². The van der Waals surface area contributed by atoms with Gasteiger partial charge in [-0.2, -0.15) is 0 Å². The lowest BCUT2D eigenvalue weighted by atomic mass is 10.1. The number of hydrogen-bond donors (Lipinski definition) is 3. The Balaban J connectivity index is 2.03. The Hall–Kier alpha value is -1.79. The summed E-state index contributed by atoms with van der Waals surface area (Å²) >= 11 is 0. The number of phenols is 2. The van der Waals surface area contributed by atoms with Gasteiger partial charge in [-0.1, -0.05) is 0 Å². The van der Waals surface area contributed by atoms with Crippen LogP contribution in [0.5, 0.6) is 11.5 Å². The van der Waals surface area contributed by atoms with Crippen molar-refractivity contribution in [2.75, 3.05) is 33.3 Å². The molecule has 1 aliphatic rings. The van der Waals surface area contributed by atoms with Crippen molar-refractivity contribution < 1.29 is 19.7 Å². The molecule has 0 aromatic heterocycles. The van der Waals surface area contributed by atoms with Gasteiger partial charge in [-0.15, -0.1) is 0 Å². The van der Waals surface area contributed by atoms with Gasteiger partial charge in [0.2, 0.25) is 0 Å². The zero-order valence-electron chi connectivity index (χ0n) is 10.8. The highest BCUT2D eigenvalue weighted by Gasteiger charge is 2.21. The lowest BCUT2D eigenvalue weighted by molar-refractivity contribution is 0.0103. The third-order valence-corrected chi connectivity index (χ3v) is 3.04. The van der Waals surface area contributed by atoms with Gasteiger partial charge in [-0.25, -0.2) is 0 Å². The number of benzene rings is 1. The Morgan fingerprint density at radius 1 is 1.53 bits per heavy atom. The van der Waals surface area contributed by atoms with Crippen molar-refractivity contribution in [1.29, 1.82) is 0 Å². The van der Waals surface area contributed by atoms with Gasteiger partial charge in [-0.05, 0) is 18.2 Å². The van der Waals surface area contributed by atoms with Crippen LogP contribution in [0.2, 0.25) is 0 Å². The van der Waals surface area contributed by atoms with E-state index in [0.29, 0.717) is 19.7 Å². The molecule has 1 aromatic rings. The number of aromatic hydroxyl groups is 2. The molecule has 1 saturated heterocycles. The summed E-state index contributed by atoms with van der Waals surface area (Å²) in [4.78, 5) is 13.6. The molecule has 0 bridgehead atoms. The minimum atomic E-state index is -0.345. The summed E-state index contributed by atoms with van der Waals surface area (Å²) in [5.74, 6) is -0.537. The van der Waals surface area contributed by atoms with Crippen molar-refractivity contribution >= 4 is 5.91 Å². The molecule has 2 rings (SSSR count). The predicted molar refractivity (Wildman–Crippen MR) is 69.3 cm³/mol. The van der Waals surface area contributed by atoms with Crippen LogP contribution in [0.25, 0.3) is 0 Å². The van der Waals surface area contributed by atoms with E-state index in [1.165, 1.54) is 23.1 Å². The summed E-state index contributed by atoms with van der Waals surface area (Å²) < 4.78 is 5.52. The molecule has 0 radical (unpaired) electrons. The Morgan fingerprint density at radius 3 is 3.00 bits per heavy atom. The van der Waals surface area contributed by atoms with Crippen LogP contribution in [-0.4, -0.2) is 60.4 Å². The van der Waals surface area contributed by atoms with E-state index in [4.69, 9.17) is 4.74 Å². The number of nitrogens with one attached hydrogen (secondary N) is 1. The maximum atomic E-state index is 12.2. The van der Waals surface area contributed by atoms with Crippen molar-refractivity contribution in [3.8, 4) is 11.5 Å². The molecular formula is C13H18N2O4. The molecular weight excluding hydrogens is 248 g/mol. The fourth-order valence-corrected chi connectivity index (χ4v) is 2.03. The number of likely N-dealkylation sites (N-methyl/N-ethyl adjacent to an activating group) is 1. The Morgan fingerprint density at radius 2 is 2.32 bits per heavy atom. The van der Waals surface area contributed by atoms with Crippen molar-refractivity contribution in [3.05, 3.63) is 23.8 Å². The van der Waals surface area contributed by atoms with Gasteiger partial charge in [0, 0.05) is 26.7 Å². The molecule has 0 spiro atoms. The minimum absolute atomic E-state index is 0.0508. The summed E-state index contributed by atoms with van der Waals surface area (Å²) in [5.41, 5.74) is 0.0891. The van der Waals surface area contributed by atoms with Crippen LogP contribution >= 0.6 is 0 Å². The smallest absolute Gasteiger partial charge is 0.257 e. The van der Waals surface area contributed by atoms with E-state index in [-0.39, 0.29) is 29.1 Å². The number of carbonyl (C=O) groups is 1. The molecule has 1 atom stereocenters. The number of hydrogen-bond acceptors (Lipinski definition) is 5. The highest BCUT2D eigenvalue weighted by molar-refractivity contribution is 5.97. The topological polar surface area (TPSA) is 82.0 Å². The molecule has 104 valence electrons. The lowest BCUT2D eigenvalue weighted by Gasteiger charge is -2.28. The van der Waals surface area contributed by atoms with E-state index >= 15 is 0 Å². The van der Waals surface area contributed by atoms with Gasteiger partial charge in [0.1, 0.15) is 11.5 Å². The normalized spacial score (nSPS) is 19.1. The summed E-state index contributed by atoms with van der Waals surface area (Å²) in [6.45, 7) is 2.58. The number of ether oxygens (including phenoxy) is 1. The second-order valence-electron chi connectivity index (χ2n) is 4.58. The standard InChI is InChI=1S/C13H18N2O4/c1-15(8-10-7-14-4-5-19-10)13(18)11-6-9(16)2-3-12(11)17/h2-3,6,10,14,16-17H,4-5,7-8H2,1H3. The SMILES string of the molecule is CN(CC1CNCCO1)C(=O)c1cc(O)ccc1O. The summed E-state index contributed by atoms with van der Waals surface area (Å²) in [6.07, 6.45) is -0.0536. The predicted octanol–water partition coefficient (Wildman–Crippen LogP) is 0.158. The zero-order valence-corrected chi connectivity index (χ0v) is 10.8. The largest absolute Gasteiger partial charge is 0.508 e. The summed E-state index contributed by atoms with van der Waals surface area (Å²) in [7, 11) is 1.64. The number of morpholine rings is 1. The average Bonchev–Trinajstić information content (AvgIpc) is 2.42. The van der Waals surface area contributed by atoms with E-state index in [2.05, 4.69) is 5.32 Å². The van der Waals surface area contributed by atoms with E-state index in [1.807, 2.05) is 0 Å². The van der Waals surface area contributed by atoms with Gasteiger partial charge in [0.25, 0.3) is 5.91 Å². The molecule has 6 heteroatoms. The van der Waals surface area contributed by atoms with Gasteiger partial charge < -0.3 is 25.2 Å². The van der Waals surface area contributed by atoms with E-state index in [9.17, 15) is 15.0 Å². The first kappa shape index (κ1) is 13.6. The quantitative estimate of drug-likeness (QED) is 0.679. The minimum Gasteiger partial charge on any atom is -0.508 e. The highest BCUT2D eigenvalue weighted by atomic mass is 16.5. The molecule has 1 aromatic carbocycles. The van der Waals surface area contributed by atoms with Crippen molar-refractivity contribution in [3.63, 3.8) is 0 Å². The maximum absolute atomic E-state index is 12.2. The lowest BCUT2D eigenvalue weighted by Crippen LogP contribution is -2.45. The van der Waals surface area contributed by atoms with Crippen LogP contribution in [0.3, 0.4) is 0 Å². The van der Waals surface area contributed by atoms with Crippen molar-refractivity contribution in [2.24, 2.45) is 0 Å².